The number of benzene rings is 2. The highest BCUT2D eigenvalue weighted by molar-refractivity contribution is 5.85. The topological polar surface area (TPSA) is 12.5 Å². The van der Waals surface area contributed by atoms with Crippen LogP contribution in [0, 0.1) is 6.92 Å². The third kappa shape index (κ3) is 2.22. The fourth-order valence-electron chi connectivity index (χ4n) is 3.85. The van der Waals surface area contributed by atoms with E-state index in [0.717, 1.165) is 25.3 Å². The second-order valence-electron chi connectivity index (χ2n) is 6.46. The molecule has 0 aromatic heterocycles. The summed E-state index contributed by atoms with van der Waals surface area (Å²) in [5.74, 6) is 1.49. The Kier molecular flexibility index (Phi) is 3.92. The Balaban J connectivity index is 0.00000144. The molecule has 0 aliphatic carbocycles. The highest BCUT2D eigenvalue weighted by atomic mass is 35.5. The number of halogens is 1. The van der Waals surface area contributed by atoms with E-state index < -0.39 is 0 Å². The zero-order chi connectivity index (χ0) is 14.4. The molecule has 2 atom stereocenters. The van der Waals surface area contributed by atoms with Crippen LogP contribution in [0.25, 0.3) is 0 Å². The minimum absolute atomic E-state index is 0. The van der Waals surface area contributed by atoms with Crippen LogP contribution in [0.3, 0.4) is 0 Å². The van der Waals surface area contributed by atoms with Gasteiger partial charge in [0.15, 0.2) is 0 Å². The van der Waals surface area contributed by atoms with E-state index in [-0.39, 0.29) is 18.0 Å². The van der Waals surface area contributed by atoms with E-state index in [1.807, 2.05) is 0 Å². The second kappa shape index (κ2) is 5.60. The third-order valence-electron chi connectivity index (χ3n) is 5.05. The van der Waals surface area contributed by atoms with Gasteiger partial charge in [0.05, 0.1) is 0 Å². The van der Waals surface area contributed by atoms with Gasteiger partial charge in [-0.3, -0.25) is 0 Å². The maximum Gasteiger partial charge on any atom is 0.143 e. The van der Waals surface area contributed by atoms with Gasteiger partial charge in [-0.2, -0.15) is 0 Å². The van der Waals surface area contributed by atoms with E-state index in [2.05, 4.69) is 67.4 Å². The van der Waals surface area contributed by atoms with Crippen molar-refractivity contribution in [1.82, 2.24) is 4.90 Å². The Labute approximate surface area is 138 Å². The Hall–Kier alpha value is -1.51. The maximum absolute atomic E-state index is 6.55. The van der Waals surface area contributed by atoms with Crippen LogP contribution < -0.4 is 4.74 Å². The molecule has 2 heterocycles. The lowest BCUT2D eigenvalue weighted by Gasteiger charge is -2.42. The molecule has 2 aliphatic rings. The molecule has 2 aliphatic heterocycles. The molecule has 0 bridgehead atoms. The lowest BCUT2D eigenvalue weighted by atomic mass is 9.74. The van der Waals surface area contributed by atoms with E-state index in [1.165, 1.54) is 16.7 Å². The van der Waals surface area contributed by atoms with Gasteiger partial charge in [-0.25, -0.2) is 0 Å². The van der Waals surface area contributed by atoms with Gasteiger partial charge in [0.1, 0.15) is 11.4 Å². The van der Waals surface area contributed by atoms with Crippen molar-refractivity contribution in [3.63, 3.8) is 0 Å². The quantitative estimate of drug-likeness (QED) is 0.785. The zero-order valence-electron chi connectivity index (χ0n) is 13.1. The highest BCUT2D eigenvalue weighted by Gasteiger charge is 2.51. The summed E-state index contributed by atoms with van der Waals surface area (Å²) in [5, 5.41) is 0. The zero-order valence-corrected chi connectivity index (χ0v) is 13.9. The molecular weight excluding hydrogens is 294 g/mol. The molecule has 2 nitrogen and oxygen atoms in total. The van der Waals surface area contributed by atoms with Crippen molar-refractivity contribution in [2.24, 2.45) is 0 Å². The highest BCUT2D eigenvalue weighted by Crippen LogP contribution is 2.54. The second-order valence-corrected chi connectivity index (χ2v) is 6.46. The molecule has 0 saturated carbocycles. The van der Waals surface area contributed by atoms with E-state index >= 15 is 0 Å². The lowest BCUT2D eigenvalue weighted by molar-refractivity contribution is 0.00702. The van der Waals surface area contributed by atoms with Crippen LogP contribution in [0.1, 0.15) is 29.0 Å². The summed E-state index contributed by atoms with van der Waals surface area (Å²) in [6.45, 7) is 4.28. The normalized spacial score (nSPS) is 26.5. The minimum Gasteiger partial charge on any atom is -0.482 e. The fraction of sp³-hybridized carbons (Fsp3) is 0.368. The first kappa shape index (κ1) is 15.4. The van der Waals surface area contributed by atoms with Crippen molar-refractivity contribution in [3.05, 3.63) is 65.2 Å². The van der Waals surface area contributed by atoms with Gasteiger partial charge in [0, 0.05) is 31.0 Å². The number of ether oxygens (including phenoxy) is 1. The fourth-order valence-corrected chi connectivity index (χ4v) is 3.85. The number of nitrogens with zero attached hydrogens (tertiary/aromatic N) is 1. The monoisotopic (exact) mass is 315 g/mol. The van der Waals surface area contributed by atoms with Crippen LogP contribution in [-0.2, 0) is 5.60 Å². The molecule has 0 N–H and O–H groups in total. The summed E-state index contributed by atoms with van der Waals surface area (Å²) in [4.78, 5) is 2.42. The average molecular weight is 316 g/mol. The van der Waals surface area contributed by atoms with Crippen LogP contribution in [0.5, 0.6) is 5.75 Å². The van der Waals surface area contributed by atoms with Crippen molar-refractivity contribution in [2.45, 2.75) is 24.9 Å². The van der Waals surface area contributed by atoms with Gasteiger partial charge in [-0.15, -0.1) is 12.4 Å². The number of fused-ring (bicyclic) bond motifs is 3. The Morgan fingerprint density at radius 2 is 1.82 bits per heavy atom. The number of aryl methyl sites for hydroxylation is 1. The first-order valence-corrected chi connectivity index (χ1v) is 7.73. The van der Waals surface area contributed by atoms with Gasteiger partial charge in [0.25, 0.3) is 0 Å². The van der Waals surface area contributed by atoms with Gasteiger partial charge in [-0.1, -0.05) is 48.0 Å². The molecule has 2 aromatic carbocycles. The van der Waals surface area contributed by atoms with E-state index in [9.17, 15) is 0 Å². The average Bonchev–Trinajstić information content (AvgIpc) is 2.83. The van der Waals surface area contributed by atoms with E-state index in [4.69, 9.17) is 4.74 Å². The van der Waals surface area contributed by atoms with E-state index in [0.29, 0.717) is 5.92 Å². The number of likely N-dealkylation sites (N-methyl/N-ethyl adjacent to an activating group) is 1. The Morgan fingerprint density at radius 1 is 1.09 bits per heavy atom. The number of rotatable bonds is 1. The Bertz CT molecular complexity index is 669. The predicted molar refractivity (Wildman–Crippen MR) is 92.0 cm³/mol. The smallest absolute Gasteiger partial charge is 0.143 e. The van der Waals surface area contributed by atoms with Gasteiger partial charge in [-0.05, 0) is 25.6 Å². The molecule has 1 saturated heterocycles. The number of hydrogen-bond donors (Lipinski definition) is 0. The van der Waals surface area contributed by atoms with Crippen molar-refractivity contribution in [3.8, 4) is 5.75 Å². The minimum atomic E-state index is -0.177. The van der Waals surface area contributed by atoms with Crippen LogP contribution in [0.4, 0.5) is 0 Å². The van der Waals surface area contributed by atoms with Gasteiger partial charge < -0.3 is 9.64 Å². The number of para-hydroxylation sites is 1. The van der Waals surface area contributed by atoms with Crippen LogP contribution in [-0.4, -0.2) is 25.0 Å². The standard InChI is InChI=1S/C19H21NO.ClH/c1-14-7-9-15(10-8-14)19-11-12-20(2)13-17(19)16-5-3-4-6-18(16)21-19;/h3-10,17H,11-13H2,1-2H3;1H. The molecule has 0 spiro atoms. The molecule has 1 fully saturated rings. The molecule has 2 unspecified atom stereocenters. The summed E-state index contributed by atoms with van der Waals surface area (Å²) in [6.07, 6.45) is 1.05. The maximum atomic E-state index is 6.55. The largest absolute Gasteiger partial charge is 0.482 e. The molecule has 22 heavy (non-hydrogen) atoms. The molecule has 3 heteroatoms. The number of piperidine rings is 1. The lowest BCUT2D eigenvalue weighted by Crippen LogP contribution is -2.47. The molecule has 4 rings (SSSR count). The molecule has 0 amide bonds. The van der Waals surface area contributed by atoms with Crippen LogP contribution in [0.2, 0.25) is 0 Å². The van der Waals surface area contributed by atoms with Crippen molar-refractivity contribution in [2.75, 3.05) is 20.1 Å². The van der Waals surface area contributed by atoms with Gasteiger partial charge >= 0.3 is 0 Å². The number of likely N-dealkylation sites (tertiary alicyclic amines) is 1. The summed E-state index contributed by atoms with van der Waals surface area (Å²) in [6, 6.07) is 17.4. The predicted octanol–water partition coefficient (Wildman–Crippen LogP) is 4.12. The van der Waals surface area contributed by atoms with Crippen LogP contribution >= 0.6 is 12.4 Å². The molecule has 0 radical (unpaired) electrons. The summed E-state index contributed by atoms with van der Waals surface area (Å²) < 4.78 is 6.55. The summed E-state index contributed by atoms with van der Waals surface area (Å²) in [7, 11) is 2.21. The number of hydrogen-bond acceptors (Lipinski definition) is 2. The van der Waals surface area contributed by atoms with Crippen molar-refractivity contribution in [1.29, 1.82) is 0 Å². The molecular formula is C19H22ClNO. The summed E-state index contributed by atoms with van der Waals surface area (Å²) in [5.41, 5.74) is 3.81. The molecule has 116 valence electrons. The third-order valence-corrected chi connectivity index (χ3v) is 5.05. The van der Waals surface area contributed by atoms with Gasteiger partial charge in [0.2, 0.25) is 0 Å². The SMILES string of the molecule is Cc1ccc(C23CCN(C)CC2c2ccccc2O3)cc1.Cl. The van der Waals surface area contributed by atoms with Crippen molar-refractivity contribution < 1.29 is 4.74 Å². The first-order valence-electron chi connectivity index (χ1n) is 7.73. The summed E-state index contributed by atoms with van der Waals surface area (Å²) >= 11 is 0. The van der Waals surface area contributed by atoms with E-state index in [1.54, 1.807) is 0 Å². The van der Waals surface area contributed by atoms with Crippen LogP contribution in [0.15, 0.2) is 48.5 Å². The Morgan fingerprint density at radius 3 is 2.59 bits per heavy atom. The van der Waals surface area contributed by atoms with Crippen molar-refractivity contribution >= 4 is 12.4 Å². The molecule has 2 aromatic rings. The first-order chi connectivity index (χ1) is 10.2.